The van der Waals surface area contributed by atoms with E-state index in [-0.39, 0.29) is 31.1 Å². The fourth-order valence-corrected chi connectivity index (χ4v) is 6.31. The molecule has 1 rings (SSSR count). The molecular weight excluding hydrogens is 694 g/mol. The maximum Gasteiger partial charge on any atom is 0.245 e. The molecule has 0 saturated carbocycles. The van der Waals surface area contributed by atoms with Gasteiger partial charge in [0.25, 0.3) is 0 Å². The lowest BCUT2D eigenvalue weighted by atomic mass is 9.94. The molecule has 1 saturated heterocycles. The molecule has 0 radical (unpaired) electrons. The van der Waals surface area contributed by atoms with Gasteiger partial charge in [0.05, 0.1) is 6.10 Å². The molecule has 15 heteroatoms. The maximum atomic E-state index is 14.1. The molecular formula is C39H67N7O8. The number of nitrogens with one attached hydrogen (secondary N) is 3. The van der Waals surface area contributed by atoms with Gasteiger partial charge in [-0.2, -0.15) is 0 Å². The summed E-state index contributed by atoms with van der Waals surface area (Å²) in [5, 5.41) is 19.3. The molecule has 0 aromatic carbocycles. The van der Waals surface area contributed by atoms with Crippen LogP contribution in [0.1, 0.15) is 94.9 Å². The largest absolute Gasteiger partial charge is 0.390 e. The van der Waals surface area contributed by atoms with Crippen molar-refractivity contribution in [1.29, 1.82) is 0 Å². The summed E-state index contributed by atoms with van der Waals surface area (Å²) in [5.74, 6) is -3.25. The number of aliphatic hydroxyl groups is 1. The Balaban J connectivity index is 4.02. The number of carbonyl (C=O) groups is 7. The Kier molecular flexibility index (Phi) is 18.6. The van der Waals surface area contributed by atoms with Gasteiger partial charge in [0.1, 0.15) is 42.3 Å². The second kappa shape index (κ2) is 21.0. The molecule has 0 aromatic heterocycles. The number of likely N-dealkylation sites (N-methyl/N-ethyl adjacent to an activating group) is 4. The molecule has 1 fully saturated rings. The van der Waals surface area contributed by atoms with E-state index in [4.69, 9.17) is 6.42 Å². The summed E-state index contributed by atoms with van der Waals surface area (Å²) in [6, 6.07) is -8.30. The minimum atomic E-state index is -1.56. The summed E-state index contributed by atoms with van der Waals surface area (Å²) in [6.45, 7) is 17.5. The van der Waals surface area contributed by atoms with Crippen LogP contribution in [0.2, 0.25) is 0 Å². The Morgan fingerprint density at radius 3 is 1.52 bits per heavy atom. The number of terminal acetylenes is 1. The molecule has 0 aliphatic carbocycles. The van der Waals surface area contributed by atoms with Crippen molar-refractivity contribution in [1.82, 2.24) is 35.6 Å². The van der Waals surface area contributed by atoms with Crippen LogP contribution >= 0.6 is 0 Å². The molecule has 0 unspecified atom stereocenters. The predicted octanol–water partition coefficient (Wildman–Crippen LogP) is 0.981. The Morgan fingerprint density at radius 2 is 1.07 bits per heavy atom. The first-order valence-corrected chi connectivity index (χ1v) is 19.0. The van der Waals surface area contributed by atoms with Crippen LogP contribution in [0.25, 0.3) is 0 Å². The topological polar surface area (TPSA) is 189 Å². The predicted molar refractivity (Wildman–Crippen MR) is 206 cm³/mol. The highest BCUT2D eigenvalue weighted by atomic mass is 16.3. The van der Waals surface area contributed by atoms with E-state index in [1.165, 1.54) is 56.7 Å². The fraction of sp³-hybridized carbons (Fsp3) is 0.769. The molecule has 1 heterocycles. The SMILES string of the molecule is C#CC[C@@H]1C(=O)N[C@H]([C@H](O)C(C)C)C(=O)N[C@H]([C@@H](C)CC)C(=O)N(C)[C@@H](C)C(=O)N(C)[C@@H](CC(C)C)C(=O)N[C@@H](CC(C)C)C(=O)N(C)[C@@H](C)C(=O)N1C. The highest BCUT2D eigenvalue weighted by Gasteiger charge is 2.42. The number of amides is 7. The zero-order chi connectivity index (χ0) is 41.9. The van der Waals surface area contributed by atoms with Crippen LogP contribution in [0.3, 0.4) is 0 Å². The first-order chi connectivity index (χ1) is 24.9. The van der Waals surface area contributed by atoms with Gasteiger partial charge in [0, 0.05) is 34.6 Å². The van der Waals surface area contributed by atoms with Crippen LogP contribution in [0.4, 0.5) is 0 Å². The number of nitrogens with zero attached hydrogens (tertiary/aromatic N) is 4. The number of aliphatic hydroxyl groups excluding tert-OH is 1. The Morgan fingerprint density at radius 1 is 0.630 bits per heavy atom. The summed E-state index contributed by atoms with van der Waals surface area (Å²) in [6.07, 6.45) is 4.89. The van der Waals surface area contributed by atoms with Gasteiger partial charge in [0.15, 0.2) is 0 Å². The Labute approximate surface area is 322 Å². The highest BCUT2D eigenvalue weighted by molar-refractivity contribution is 5.98. The van der Waals surface area contributed by atoms with E-state index < -0.39 is 102 Å². The van der Waals surface area contributed by atoms with E-state index in [1.807, 2.05) is 34.6 Å². The highest BCUT2D eigenvalue weighted by Crippen LogP contribution is 2.20. The lowest BCUT2D eigenvalue weighted by Gasteiger charge is -2.37. The lowest BCUT2D eigenvalue weighted by molar-refractivity contribution is -0.150. The zero-order valence-electron chi connectivity index (χ0n) is 34.9. The number of hydrogen-bond donors (Lipinski definition) is 4. The van der Waals surface area contributed by atoms with Gasteiger partial charge < -0.3 is 40.7 Å². The van der Waals surface area contributed by atoms with E-state index in [9.17, 15) is 38.7 Å². The van der Waals surface area contributed by atoms with Crippen LogP contribution in [-0.2, 0) is 33.6 Å². The first-order valence-electron chi connectivity index (χ1n) is 19.0. The smallest absolute Gasteiger partial charge is 0.245 e. The molecule has 7 amide bonds. The van der Waals surface area contributed by atoms with Gasteiger partial charge in [-0.25, -0.2) is 0 Å². The summed E-state index contributed by atoms with van der Waals surface area (Å²) in [4.78, 5) is 103. The molecule has 9 atom stereocenters. The van der Waals surface area contributed by atoms with E-state index in [0.717, 1.165) is 4.90 Å². The summed E-state index contributed by atoms with van der Waals surface area (Å²) in [7, 11) is 5.68. The molecule has 0 spiro atoms. The Hall–Kier alpha value is -4.19. The van der Waals surface area contributed by atoms with E-state index >= 15 is 0 Å². The summed E-state index contributed by atoms with van der Waals surface area (Å²) < 4.78 is 0. The van der Waals surface area contributed by atoms with Gasteiger partial charge in [-0.05, 0) is 50.4 Å². The van der Waals surface area contributed by atoms with Gasteiger partial charge in [0.2, 0.25) is 41.4 Å². The minimum absolute atomic E-state index is 0.0401. The van der Waals surface area contributed by atoms with Crippen LogP contribution in [-0.4, -0.2) is 143 Å². The molecule has 1 aliphatic heterocycles. The number of carbonyl (C=O) groups excluding carboxylic acids is 7. The summed E-state index contributed by atoms with van der Waals surface area (Å²) in [5.41, 5.74) is 0. The lowest BCUT2D eigenvalue weighted by Crippen LogP contribution is -2.63. The standard InChI is InChI=1S/C39H67N7O8/c1-16-18-28-33(48)42-31(32(47)23(7)8)35(50)41-30(24(9)17-2)39(54)44(13)26(11)37(52)46(15)29(20-22(5)6)34(49)40-27(19-21(3)4)38(53)43(12)25(10)36(51)45(28)14/h1,21-32,47H,17-20H2,2-15H3,(H,40,49)(H,41,50)(H,42,48)/t24-,25-,26-,27-,28+,29-,30+,31+,32+/m0/s1. The quantitative estimate of drug-likeness (QED) is 0.250. The monoisotopic (exact) mass is 762 g/mol. The first kappa shape index (κ1) is 47.8. The third kappa shape index (κ3) is 12.2. The minimum Gasteiger partial charge on any atom is -0.390 e. The van der Waals surface area contributed by atoms with Crippen molar-refractivity contribution < 1.29 is 38.7 Å². The van der Waals surface area contributed by atoms with Crippen molar-refractivity contribution in [2.24, 2.45) is 23.7 Å². The molecule has 0 aromatic rings. The van der Waals surface area contributed by atoms with Crippen LogP contribution in [0.5, 0.6) is 0 Å². The van der Waals surface area contributed by atoms with Crippen molar-refractivity contribution in [3.05, 3.63) is 0 Å². The molecule has 4 N–H and O–H groups in total. The van der Waals surface area contributed by atoms with Crippen LogP contribution in [0, 0.1) is 36.0 Å². The van der Waals surface area contributed by atoms with E-state index in [2.05, 4.69) is 21.9 Å². The average Bonchev–Trinajstić information content (AvgIpc) is 3.12. The molecule has 1 aliphatic rings. The second-order valence-corrected chi connectivity index (χ2v) is 16.0. The fourth-order valence-electron chi connectivity index (χ4n) is 6.31. The van der Waals surface area contributed by atoms with Crippen molar-refractivity contribution in [3.63, 3.8) is 0 Å². The van der Waals surface area contributed by atoms with E-state index in [1.54, 1.807) is 20.8 Å². The van der Waals surface area contributed by atoms with Gasteiger partial charge in [-0.1, -0.05) is 61.8 Å². The maximum absolute atomic E-state index is 14.1. The second-order valence-electron chi connectivity index (χ2n) is 16.0. The average molecular weight is 762 g/mol. The number of hydrogen-bond acceptors (Lipinski definition) is 8. The molecule has 54 heavy (non-hydrogen) atoms. The third-order valence-electron chi connectivity index (χ3n) is 10.5. The zero-order valence-corrected chi connectivity index (χ0v) is 34.9. The number of rotatable bonds is 9. The van der Waals surface area contributed by atoms with Crippen LogP contribution in [0.15, 0.2) is 0 Å². The molecule has 0 bridgehead atoms. The van der Waals surface area contributed by atoms with Crippen molar-refractivity contribution in [2.75, 3.05) is 28.2 Å². The van der Waals surface area contributed by atoms with E-state index in [0.29, 0.717) is 6.42 Å². The van der Waals surface area contributed by atoms with Crippen molar-refractivity contribution in [3.8, 4) is 12.3 Å². The van der Waals surface area contributed by atoms with Gasteiger partial charge in [-0.3, -0.25) is 33.6 Å². The van der Waals surface area contributed by atoms with Gasteiger partial charge >= 0.3 is 0 Å². The molecule has 306 valence electrons. The Bertz CT molecular complexity index is 1390. The van der Waals surface area contributed by atoms with Gasteiger partial charge in [-0.15, -0.1) is 12.3 Å². The van der Waals surface area contributed by atoms with Crippen molar-refractivity contribution >= 4 is 41.4 Å². The molecule has 15 nitrogen and oxygen atoms in total. The summed E-state index contributed by atoms with van der Waals surface area (Å²) >= 11 is 0. The third-order valence-corrected chi connectivity index (χ3v) is 10.5. The normalized spacial score (nSPS) is 27.8. The van der Waals surface area contributed by atoms with Crippen LogP contribution < -0.4 is 16.0 Å². The van der Waals surface area contributed by atoms with Crippen molar-refractivity contribution in [2.45, 2.75) is 143 Å².